The molecule has 8 heteroatoms. The minimum absolute atomic E-state index is 0.0583. The van der Waals surface area contributed by atoms with E-state index in [2.05, 4.69) is 41.5 Å². The summed E-state index contributed by atoms with van der Waals surface area (Å²) in [5, 5.41) is 0. The number of unbranched alkanes of at least 4 members (excludes halogenated alkanes) is 2. The lowest BCUT2D eigenvalue weighted by Gasteiger charge is -2.61. The molecular weight excluding hydrogens is 621 g/mol. The molecule has 4 unspecified atom stereocenters. The van der Waals surface area contributed by atoms with E-state index in [1.807, 2.05) is 21.1 Å². The van der Waals surface area contributed by atoms with Gasteiger partial charge in [-0.15, -0.1) is 0 Å². The average molecular weight is 697 g/mol. The highest BCUT2D eigenvalue weighted by molar-refractivity contribution is 7.47. The van der Waals surface area contributed by atoms with Crippen molar-refractivity contribution in [3.05, 3.63) is 0 Å². The summed E-state index contributed by atoms with van der Waals surface area (Å²) in [6.45, 7) is 16.0. The molecule has 280 valence electrons. The molecule has 0 saturated heterocycles. The first-order valence-corrected chi connectivity index (χ1v) is 21.6. The van der Waals surface area contributed by atoms with Crippen LogP contribution in [0.15, 0.2) is 0 Å². The summed E-state index contributed by atoms with van der Waals surface area (Å²) < 4.78 is 29.0. The Bertz CT molecular complexity index is 1080. The smallest absolute Gasteiger partial charge is 0.462 e. The van der Waals surface area contributed by atoms with Gasteiger partial charge in [-0.3, -0.25) is 13.8 Å². The van der Waals surface area contributed by atoms with E-state index in [4.69, 9.17) is 13.8 Å². The molecule has 0 spiro atoms. The van der Waals surface area contributed by atoms with Gasteiger partial charge in [-0.25, -0.2) is 4.57 Å². The molecule has 4 fully saturated rings. The highest BCUT2D eigenvalue weighted by Crippen LogP contribution is 2.68. The van der Waals surface area contributed by atoms with Crippen LogP contribution in [0.5, 0.6) is 0 Å². The maximum absolute atomic E-state index is 12.8. The predicted octanol–water partition coefficient (Wildman–Crippen LogP) is 10.1. The summed E-state index contributed by atoms with van der Waals surface area (Å²) in [6, 6.07) is 0. The predicted molar refractivity (Wildman–Crippen MR) is 195 cm³/mol. The number of phosphoric ester groups is 1. The van der Waals surface area contributed by atoms with Crippen molar-refractivity contribution in [3.8, 4) is 0 Å². The molecule has 0 radical (unpaired) electrons. The maximum atomic E-state index is 12.8. The first-order valence-electron chi connectivity index (χ1n) is 20.1. The number of phosphoric acid groups is 1. The van der Waals surface area contributed by atoms with Crippen molar-refractivity contribution < 1.29 is 32.5 Å². The summed E-state index contributed by atoms with van der Waals surface area (Å²) in [7, 11) is 1.97. The number of hydrogen-bond donors (Lipinski definition) is 1. The molecule has 7 nitrogen and oxygen atoms in total. The van der Waals surface area contributed by atoms with Gasteiger partial charge in [0.2, 0.25) is 0 Å². The summed E-state index contributed by atoms with van der Waals surface area (Å²) in [5.41, 5.74) is 0.920. The molecule has 0 amide bonds. The zero-order valence-electron chi connectivity index (χ0n) is 32.5. The second-order valence-electron chi connectivity index (χ2n) is 18.7. The van der Waals surface area contributed by atoms with E-state index < -0.39 is 7.82 Å². The molecular formula is C40H75NO6P+. The number of rotatable bonds is 18. The molecule has 11 atom stereocenters. The molecule has 0 bridgehead atoms. The molecule has 4 aliphatic rings. The van der Waals surface area contributed by atoms with Gasteiger partial charge in [0.1, 0.15) is 19.3 Å². The third-order valence-corrected chi connectivity index (χ3v) is 15.4. The number of ether oxygens (including phenoxy) is 1. The Labute approximate surface area is 295 Å². The molecule has 0 aromatic rings. The Morgan fingerprint density at radius 3 is 2.25 bits per heavy atom. The third kappa shape index (κ3) is 10.1. The number of likely N-dealkylation sites (N-methyl/N-ethyl adjacent to an activating group) is 1. The topological polar surface area (TPSA) is 82.1 Å². The Morgan fingerprint density at radius 2 is 1.56 bits per heavy atom. The molecule has 4 saturated carbocycles. The zero-order valence-corrected chi connectivity index (χ0v) is 33.4. The monoisotopic (exact) mass is 697 g/mol. The van der Waals surface area contributed by atoms with Crippen LogP contribution in [0.3, 0.4) is 0 Å². The number of quaternary nitrogens is 1. The lowest BCUT2D eigenvalue weighted by molar-refractivity contribution is -0.870. The fourth-order valence-electron chi connectivity index (χ4n) is 11.4. The van der Waals surface area contributed by atoms with Gasteiger partial charge in [-0.05, 0) is 135 Å². The second kappa shape index (κ2) is 16.9. The van der Waals surface area contributed by atoms with E-state index in [9.17, 15) is 14.3 Å². The Balaban J connectivity index is 1.18. The van der Waals surface area contributed by atoms with Crippen LogP contribution in [-0.2, 0) is 23.1 Å². The van der Waals surface area contributed by atoms with Gasteiger partial charge in [0, 0.05) is 6.42 Å². The lowest BCUT2D eigenvalue weighted by atomic mass is 9.44. The quantitative estimate of drug-likeness (QED) is 0.0665. The third-order valence-electron chi connectivity index (χ3n) is 14.4. The Morgan fingerprint density at radius 1 is 0.875 bits per heavy atom. The molecule has 0 aliphatic heterocycles. The molecule has 1 N–H and O–H groups in total. The van der Waals surface area contributed by atoms with Gasteiger partial charge in [0.25, 0.3) is 0 Å². The Kier molecular flexibility index (Phi) is 14.2. The van der Waals surface area contributed by atoms with Crippen LogP contribution < -0.4 is 0 Å². The molecule has 48 heavy (non-hydrogen) atoms. The largest absolute Gasteiger partial charge is 0.472 e. The second-order valence-corrected chi connectivity index (χ2v) is 20.2. The first-order chi connectivity index (χ1) is 22.5. The number of esters is 1. The van der Waals surface area contributed by atoms with Crippen molar-refractivity contribution >= 4 is 13.8 Å². The molecule has 0 aromatic heterocycles. The van der Waals surface area contributed by atoms with Crippen LogP contribution in [0.2, 0.25) is 0 Å². The highest BCUT2D eigenvalue weighted by atomic mass is 31.2. The number of carbonyl (C=O) groups excluding carboxylic acids is 1. The number of hydrogen-bond acceptors (Lipinski definition) is 5. The number of fused-ring (bicyclic) bond motifs is 5. The molecule has 0 heterocycles. The fourth-order valence-corrected chi connectivity index (χ4v) is 12.2. The van der Waals surface area contributed by atoms with Crippen molar-refractivity contribution in [3.63, 3.8) is 0 Å². The normalized spacial score (nSPS) is 36.1. The van der Waals surface area contributed by atoms with Crippen LogP contribution in [0.4, 0.5) is 0 Å². The van der Waals surface area contributed by atoms with E-state index in [0.717, 1.165) is 60.7 Å². The van der Waals surface area contributed by atoms with Gasteiger partial charge < -0.3 is 14.1 Å². The first kappa shape index (κ1) is 40.3. The summed E-state index contributed by atoms with van der Waals surface area (Å²) >= 11 is 0. The Hall–Kier alpha value is -0.460. The van der Waals surface area contributed by atoms with E-state index in [-0.39, 0.29) is 25.3 Å². The molecule has 4 aliphatic carbocycles. The van der Waals surface area contributed by atoms with Gasteiger partial charge in [0.15, 0.2) is 0 Å². The summed E-state index contributed by atoms with van der Waals surface area (Å²) in [5.74, 6) is 6.63. The van der Waals surface area contributed by atoms with Gasteiger partial charge in [-0.2, -0.15) is 0 Å². The van der Waals surface area contributed by atoms with Crippen molar-refractivity contribution in [2.75, 3.05) is 40.9 Å². The van der Waals surface area contributed by atoms with Crippen LogP contribution in [-0.4, -0.2) is 62.4 Å². The van der Waals surface area contributed by atoms with Crippen LogP contribution in [0.1, 0.15) is 144 Å². The molecule has 4 rings (SSSR count). The summed E-state index contributed by atoms with van der Waals surface area (Å²) in [4.78, 5) is 22.7. The van der Waals surface area contributed by atoms with E-state index in [1.54, 1.807) is 0 Å². The number of nitrogens with zero attached hydrogens (tertiary/aromatic N) is 1. The minimum atomic E-state index is -4.03. The van der Waals surface area contributed by atoms with Gasteiger partial charge in [0.05, 0.1) is 27.7 Å². The van der Waals surface area contributed by atoms with Gasteiger partial charge >= 0.3 is 13.8 Å². The standard InChI is InChI=1S/C40H74NO6P/c1-10-31(29(2)3)16-15-30(4)35-19-20-36-34-18-17-32-28-33(21-23-39(32,5)37(34)22-24-40(35,36)6)47-38(42)14-12-11-13-26-45-48(43,44)46-27-25-41(7,8)9/h29-37H,10-28H2,1-9H3/p+1/t30-,31-,32+,33+,34?,35-,36?,37?,39+,40-/m1/s1. The number of carbonyl (C=O) groups is 1. The molecule has 0 aromatic carbocycles. The van der Waals surface area contributed by atoms with Gasteiger partial charge in [-0.1, -0.05) is 60.8 Å². The zero-order chi connectivity index (χ0) is 35.3. The van der Waals surface area contributed by atoms with Crippen LogP contribution >= 0.6 is 7.82 Å². The average Bonchev–Trinajstić information content (AvgIpc) is 3.35. The van der Waals surface area contributed by atoms with E-state index in [1.165, 1.54) is 64.2 Å². The SMILES string of the molecule is CC[C@H](CC[C@@H](C)[C@H]1CCC2C3CC[C@H]4C[C@@H](OC(=O)CCCCCOP(=O)(O)OCC[N+](C)(C)C)CC[C@]4(C)C3CC[C@@]21C)C(C)C. The highest BCUT2D eigenvalue weighted by Gasteiger charge is 2.60. The van der Waals surface area contributed by atoms with Crippen LogP contribution in [0, 0.1) is 58.2 Å². The fraction of sp³-hybridized carbons (Fsp3) is 0.975. The maximum Gasteiger partial charge on any atom is 0.472 e. The summed E-state index contributed by atoms with van der Waals surface area (Å²) in [6.07, 6.45) is 18.3. The van der Waals surface area contributed by atoms with Crippen molar-refractivity contribution in [1.29, 1.82) is 0 Å². The minimum Gasteiger partial charge on any atom is -0.462 e. The van der Waals surface area contributed by atoms with Crippen molar-refractivity contribution in [1.82, 2.24) is 0 Å². The van der Waals surface area contributed by atoms with Crippen molar-refractivity contribution in [2.24, 2.45) is 58.2 Å². The van der Waals surface area contributed by atoms with E-state index in [0.29, 0.717) is 47.0 Å². The van der Waals surface area contributed by atoms with Crippen LogP contribution in [0.25, 0.3) is 0 Å². The van der Waals surface area contributed by atoms with E-state index >= 15 is 0 Å². The lowest BCUT2D eigenvalue weighted by Crippen LogP contribution is -2.54. The van der Waals surface area contributed by atoms with Crippen molar-refractivity contribution in [2.45, 2.75) is 150 Å².